The number of carbonyl (C=O) groups is 1. The molecule has 0 aliphatic rings. The zero-order valence-corrected chi connectivity index (χ0v) is 19.2. The van der Waals surface area contributed by atoms with Gasteiger partial charge in [0, 0.05) is 15.6 Å². The summed E-state index contributed by atoms with van der Waals surface area (Å²) in [6.07, 6.45) is 1.38. The van der Waals surface area contributed by atoms with Gasteiger partial charge < -0.3 is 4.74 Å². The van der Waals surface area contributed by atoms with E-state index in [4.69, 9.17) is 27.9 Å². The summed E-state index contributed by atoms with van der Waals surface area (Å²) in [4.78, 5) is 12.5. The first kappa shape index (κ1) is 23.6. The molecule has 10 heteroatoms. The van der Waals surface area contributed by atoms with Gasteiger partial charge in [0.25, 0.3) is 15.9 Å². The second-order valence-corrected chi connectivity index (χ2v) is 9.19. The fourth-order valence-electron chi connectivity index (χ4n) is 2.74. The maximum Gasteiger partial charge on any atom is 0.264 e. The molecule has 166 valence electrons. The van der Waals surface area contributed by atoms with Crippen molar-refractivity contribution in [3.8, 4) is 5.75 Å². The first-order chi connectivity index (χ1) is 15.3. The van der Waals surface area contributed by atoms with Gasteiger partial charge in [0.15, 0.2) is 0 Å². The molecule has 0 aliphatic heterocycles. The molecular formula is C22H19Cl2N3O4S. The number of hydrazone groups is 1. The molecule has 0 fully saturated rings. The number of ether oxygens (including phenoxy) is 1. The van der Waals surface area contributed by atoms with E-state index in [0.29, 0.717) is 21.4 Å². The molecule has 32 heavy (non-hydrogen) atoms. The summed E-state index contributed by atoms with van der Waals surface area (Å²) in [5.74, 6) is -0.143. The number of nitrogens with one attached hydrogen (secondary N) is 1. The maximum absolute atomic E-state index is 13.3. The Bertz CT molecular complexity index is 1230. The molecule has 1 amide bonds. The number of carbonyl (C=O) groups excluding carboxylic acids is 1. The van der Waals surface area contributed by atoms with Gasteiger partial charge in [-0.05, 0) is 48.5 Å². The van der Waals surface area contributed by atoms with Crippen molar-refractivity contribution in [2.75, 3.05) is 18.0 Å². The van der Waals surface area contributed by atoms with Crippen molar-refractivity contribution >= 4 is 51.0 Å². The lowest BCUT2D eigenvalue weighted by Gasteiger charge is -2.24. The third-order valence-electron chi connectivity index (χ3n) is 4.33. The van der Waals surface area contributed by atoms with Crippen LogP contribution in [-0.4, -0.2) is 34.2 Å². The van der Waals surface area contributed by atoms with E-state index in [1.165, 1.54) is 43.7 Å². The van der Waals surface area contributed by atoms with E-state index in [2.05, 4.69) is 10.5 Å². The molecular weight excluding hydrogens is 473 g/mol. The van der Waals surface area contributed by atoms with Crippen molar-refractivity contribution in [1.82, 2.24) is 5.43 Å². The molecule has 0 saturated carbocycles. The Morgan fingerprint density at radius 2 is 1.78 bits per heavy atom. The third kappa shape index (κ3) is 5.79. The number of amides is 1. The number of anilines is 1. The van der Waals surface area contributed by atoms with Crippen LogP contribution in [0.3, 0.4) is 0 Å². The summed E-state index contributed by atoms with van der Waals surface area (Å²) in [6, 6.07) is 19.0. The summed E-state index contributed by atoms with van der Waals surface area (Å²) < 4.78 is 32.7. The number of nitrogens with zero attached hydrogens (tertiary/aromatic N) is 2. The lowest BCUT2D eigenvalue weighted by atomic mass is 10.2. The normalized spacial score (nSPS) is 11.3. The molecule has 3 aromatic carbocycles. The highest BCUT2D eigenvalue weighted by molar-refractivity contribution is 7.92. The summed E-state index contributed by atoms with van der Waals surface area (Å²) in [6.45, 7) is -0.519. The van der Waals surface area contributed by atoms with E-state index in [1.54, 1.807) is 42.5 Å². The van der Waals surface area contributed by atoms with Crippen LogP contribution in [0.15, 0.2) is 82.8 Å². The quantitative estimate of drug-likeness (QED) is 0.374. The predicted molar refractivity (Wildman–Crippen MR) is 126 cm³/mol. The van der Waals surface area contributed by atoms with Crippen LogP contribution in [0.2, 0.25) is 10.0 Å². The Labute approximate surface area is 196 Å². The molecule has 1 N–H and O–H groups in total. The molecule has 3 rings (SSSR count). The lowest BCUT2D eigenvalue weighted by Crippen LogP contribution is -2.39. The van der Waals surface area contributed by atoms with Crippen molar-refractivity contribution in [1.29, 1.82) is 0 Å². The third-order valence-corrected chi connectivity index (χ3v) is 6.70. The average molecular weight is 492 g/mol. The van der Waals surface area contributed by atoms with Crippen LogP contribution in [0.25, 0.3) is 0 Å². The van der Waals surface area contributed by atoms with E-state index in [-0.39, 0.29) is 10.6 Å². The zero-order chi connectivity index (χ0) is 23.1. The highest BCUT2D eigenvalue weighted by atomic mass is 35.5. The van der Waals surface area contributed by atoms with E-state index < -0.39 is 22.5 Å². The van der Waals surface area contributed by atoms with Crippen molar-refractivity contribution in [3.63, 3.8) is 0 Å². The molecule has 0 saturated heterocycles. The summed E-state index contributed by atoms with van der Waals surface area (Å²) >= 11 is 12.1. The topological polar surface area (TPSA) is 88.1 Å². The van der Waals surface area contributed by atoms with Gasteiger partial charge in [-0.2, -0.15) is 5.10 Å². The van der Waals surface area contributed by atoms with Crippen LogP contribution >= 0.6 is 23.2 Å². The van der Waals surface area contributed by atoms with Gasteiger partial charge in [-0.15, -0.1) is 0 Å². The van der Waals surface area contributed by atoms with E-state index in [9.17, 15) is 13.2 Å². The smallest absolute Gasteiger partial charge is 0.264 e. The fourth-order valence-corrected chi connectivity index (χ4v) is 4.52. The van der Waals surface area contributed by atoms with Crippen LogP contribution < -0.4 is 14.5 Å². The molecule has 3 aromatic rings. The number of hydrogen-bond donors (Lipinski definition) is 1. The predicted octanol–water partition coefficient (Wildman–Crippen LogP) is 4.35. The number of halogens is 2. The average Bonchev–Trinajstić information content (AvgIpc) is 2.78. The van der Waals surface area contributed by atoms with E-state index >= 15 is 0 Å². The van der Waals surface area contributed by atoms with Gasteiger partial charge in [0.05, 0.1) is 23.9 Å². The number of methoxy groups -OCH3 is 1. The van der Waals surface area contributed by atoms with Crippen molar-refractivity contribution < 1.29 is 17.9 Å². The molecule has 7 nitrogen and oxygen atoms in total. The van der Waals surface area contributed by atoms with Gasteiger partial charge in [0.2, 0.25) is 0 Å². The summed E-state index contributed by atoms with van der Waals surface area (Å²) in [5, 5.41) is 4.67. The van der Waals surface area contributed by atoms with E-state index in [1.807, 2.05) is 0 Å². The van der Waals surface area contributed by atoms with Gasteiger partial charge in [-0.3, -0.25) is 9.10 Å². The summed E-state index contributed by atoms with van der Waals surface area (Å²) in [5.41, 5.74) is 3.17. The first-order valence-electron chi connectivity index (χ1n) is 9.30. The zero-order valence-electron chi connectivity index (χ0n) is 16.9. The SMILES string of the molecule is COc1ccc(S(=O)(=O)N(CC(=O)N/N=C\c2ccccc2Cl)c2cccc(Cl)c2)cc1. The minimum atomic E-state index is -4.09. The van der Waals surface area contributed by atoms with Crippen LogP contribution in [0.1, 0.15) is 5.56 Å². The molecule has 0 spiro atoms. The molecule has 0 unspecified atom stereocenters. The van der Waals surface area contributed by atoms with Crippen LogP contribution in [0, 0.1) is 0 Å². The standard InChI is InChI=1S/C22H19Cl2N3O4S/c1-31-19-9-11-20(12-10-19)32(29,30)27(18-7-4-6-17(23)13-18)15-22(28)26-25-14-16-5-2-3-8-21(16)24/h2-14H,15H2,1H3,(H,26,28)/b25-14-. The molecule has 0 aromatic heterocycles. The molecule has 0 bridgehead atoms. The Morgan fingerprint density at radius 1 is 1.06 bits per heavy atom. The van der Waals surface area contributed by atoms with Crippen LogP contribution in [0.4, 0.5) is 5.69 Å². The van der Waals surface area contributed by atoms with Crippen LogP contribution in [-0.2, 0) is 14.8 Å². The van der Waals surface area contributed by atoms with Crippen molar-refractivity contribution in [2.24, 2.45) is 5.10 Å². The number of rotatable bonds is 8. The highest BCUT2D eigenvalue weighted by Gasteiger charge is 2.27. The second-order valence-electron chi connectivity index (χ2n) is 6.48. The van der Waals surface area contributed by atoms with Gasteiger partial charge >= 0.3 is 0 Å². The largest absolute Gasteiger partial charge is 0.497 e. The van der Waals surface area contributed by atoms with Crippen molar-refractivity contribution in [3.05, 3.63) is 88.4 Å². The van der Waals surface area contributed by atoms with Crippen molar-refractivity contribution in [2.45, 2.75) is 4.90 Å². The lowest BCUT2D eigenvalue weighted by molar-refractivity contribution is -0.119. The molecule has 0 radical (unpaired) electrons. The molecule has 0 aliphatic carbocycles. The minimum Gasteiger partial charge on any atom is -0.497 e. The van der Waals surface area contributed by atoms with E-state index in [0.717, 1.165) is 4.31 Å². The van der Waals surface area contributed by atoms with Crippen LogP contribution in [0.5, 0.6) is 5.75 Å². The maximum atomic E-state index is 13.3. The van der Waals surface area contributed by atoms with Gasteiger partial charge in [-0.1, -0.05) is 47.5 Å². The Morgan fingerprint density at radius 3 is 2.44 bits per heavy atom. The summed E-state index contributed by atoms with van der Waals surface area (Å²) in [7, 11) is -2.61. The Kier molecular flexibility index (Phi) is 7.74. The highest BCUT2D eigenvalue weighted by Crippen LogP contribution is 2.27. The Hall–Kier alpha value is -3.07. The first-order valence-corrected chi connectivity index (χ1v) is 11.5. The molecule has 0 heterocycles. The Balaban J connectivity index is 1.86. The monoisotopic (exact) mass is 491 g/mol. The van der Waals surface area contributed by atoms with Gasteiger partial charge in [0.1, 0.15) is 12.3 Å². The number of hydrogen-bond acceptors (Lipinski definition) is 5. The fraction of sp³-hybridized carbons (Fsp3) is 0.0909. The number of benzene rings is 3. The number of sulfonamides is 1. The second kappa shape index (κ2) is 10.5. The molecule has 0 atom stereocenters. The van der Waals surface area contributed by atoms with Gasteiger partial charge in [-0.25, -0.2) is 13.8 Å². The minimum absolute atomic E-state index is 0.00866.